The first-order valence-corrected chi connectivity index (χ1v) is 4.63. The van der Waals surface area contributed by atoms with Gasteiger partial charge in [-0.1, -0.05) is 0 Å². The van der Waals surface area contributed by atoms with E-state index in [1.807, 2.05) is 0 Å². The first kappa shape index (κ1) is 11.1. The van der Waals surface area contributed by atoms with Crippen molar-refractivity contribution in [3.8, 4) is 0 Å². The summed E-state index contributed by atoms with van der Waals surface area (Å²) in [6, 6.07) is 1.06. The Balaban J connectivity index is 3.25. The Bertz CT molecular complexity index is 319. The lowest BCUT2D eigenvalue weighted by Crippen LogP contribution is -2.20. The normalized spacial score (nSPS) is 13.0. The number of halogens is 2. The molecular weight excluding hydrogens is 184 g/mol. The second kappa shape index (κ2) is 4.05. The van der Waals surface area contributed by atoms with Gasteiger partial charge in [-0.05, 0) is 49.9 Å². The summed E-state index contributed by atoms with van der Waals surface area (Å²) in [5, 5.41) is 0. The van der Waals surface area contributed by atoms with Crippen LogP contribution < -0.4 is 5.73 Å². The van der Waals surface area contributed by atoms with Crippen molar-refractivity contribution in [3.63, 3.8) is 0 Å². The summed E-state index contributed by atoms with van der Waals surface area (Å²) in [7, 11) is 0. The fourth-order valence-corrected chi connectivity index (χ4v) is 1.47. The molecule has 0 heterocycles. The minimum Gasteiger partial charge on any atom is -0.328 e. The Hall–Kier alpha value is -0.960. The standard InChI is InChI=1S/C11H15F2N/c1-6-4-10(12)8(3)9(11(6)13)5-7(2)14/h4,7H,5,14H2,1-3H3. The molecule has 0 aliphatic carbocycles. The number of nitrogens with two attached hydrogens (primary N) is 1. The predicted molar refractivity (Wildman–Crippen MR) is 53.2 cm³/mol. The third-order valence-corrected chi connectivity index (χ3v) is 2.29. The molecule has 1 atom stereocenters. The summed E-state index contributed by atoms with van der Waals surface area (Å²) in [6.45, 7) is 4.91. The molecule has 0 saturated carbocycles. The molecule has 1 unspecified atom stereocenters. The first-order chi connectivity index (χ1) is 6.43. The minimum absolute atomic E-state index is 0.163. The smallest absolute Gasteiger partial charge is 0.129 e. The van der Waals surface area contributed by atoms with Crippen molar-refractivity contribution < 1.29 is 8.78 Å². The molecule has 2 N–H and O–H groups in total. The molecule has 1 aromatic carbocycles. The molecule has 0 fully saturated rings. The summed E-state index contributed by atoms with van der Waals surface area (Å²) in [5.41, 5.74) is 6.68. The van der Waals surface area contributed by atoms with Crippen molar-refractivity contribution in [1.82, 2.24) is 0 Å². The van der Waals surface area contributed by atoms with Crippen LogP contribution in [0.1, 0.15) is 23.6 Å². The van der Waals surface area contributed by atoms with E-state index in [0.717, 1.165) is 0 Å². The Labute approximate surface area is 82.9 Å². The Morgan fingerprint density at radius 3 is 2.43 bits per heavy atom. The average Bonchev–Trinajstić information content (AvgIpc) is 2.09. The number of rotatable bonds is 2. The van der Waals surface area contributed by atoms with Crippen LogP contribution in [0.5, 0.6) is 0 Å². The van der Waals surface area contributed by atoms with Crippen molar-refractivity contribution in [2.24, 2.45) is 5.73 Å². The van der Waals surface area contributed by atoms with Gasteiger partial charge in [0.1, 0.15) is 11.6 Å². The SMILES string of the molecule is Cc1cc(F)c(C)c(CC(C)N)c1F. The highest BCUT2D eigenvalue weighted by Crippen LogP contribution is 2.21. The Kier molecular flexibility index (Phi) is 3.21. The zero-order valence-corrected chi connectivity index (χ0v) is 8.70. The van der Waals surface area contributed by atoms with Crippen LogP contribution in [0.25, 0.3) is 0 Å². The van der Waals surface area contributed by atoms with Gasteiger partial charge in [0.15, 0.2) is 0 Å². The molecule has 0 amide bonds. The molecule has 0 aliphatic heterocycles. The first-order valence-electron chi connectivity index (χ1n) is 4.63. The summed E-state index contributed by atoms with van der Waals surface area (Å²) in [6.07, 6.45) is 0.371. The maximum atomic E-state index is 13.6. The summed E-state index contributed by atoms with van der Waals surface area (Å²) in [5.74, 6) is -0.694. The fraction of sp³-hybridized carbons (Fsp3) is 0.455. The van der Waals surface area contributed by atoms with E-state index < -0.39 is 0 Å². The number of benzene rings is 1. The van der Waals surface area contributed by atoms with Crippen LogP contribution in [0.15, 0.2) is 6.07 Å². The summed E-state index contributed by atoms with van der Waals surface area (Å²) < 4.78 is 26.8. The van der Waals surface area contributed by atoms with Gasteiger partial charge in [-0.3, -0.25) is 0 Å². The lowest BCUT2D eigenvalue weighted by Gasteiger charge is -2.12. The van der Waals surface area contributed by atoms with Crippen LogP contribution in [-0.2, 0) is 6.42 Å². The van der Waals surface area contributed by atoms with Crippen LogP contribution in [0.4, 0.5) is 8.78 Å². The third kappa shape index (κ3) is 2.10. The third-order valence-electron chi connectivity index (χ3n) is 2.29. The van der Waals surface area contributed by atoms with E-state index in [1.54, 1.807) is 20.8 Å². The molecule has 0 aromatic heterocycles. The second-order valence-electron chi connectivity index (χ2n) is 3.77. The van der Waals surface area contributed by atoms with E-state index in [9.17, 15) is 8.78 Å². The lowest BCUT2D eigenvalue weighted by atomic mass is 9.98. The van der Waals surface area contributed by atoms with Gasteiger partial charge in [0.2, 0.25) is 0 Å². The topological polar surface area (TPSA) is 26.0 Å². The lowest BCUT2D eigenvalue weighted by molar-refractivity contribution is 0.560. The summed E-state index contributed by atoms with van der Waals surface area (Å²) >= 11 is 0. The molecular formula is C11H15F2N. The highest BCUT2D eigenvalue weighted by molar-refractivity contribution is 5.34. The van der Waals surface area contributed by atoms with Gasteiger partial charge in [-0.15, -0.1) is 0 Å². The molecule has 0 bridgehead atoms. The predicted octanol–water partition coefficient (Wildman–Crippen LogP) is 2.47. The van der Waals surface area contributed by atoms with E-state index in [4.69, 9.17) is 5.73 Å². The van der Waals surface area contributed by atoms with E-state index in [2.05, 4.69) is 0 Å². The van der Waals surface area contributed by atoms with E-state index >= 15 is 0 Å². The highest BCUT2D eigenvalue weighted by Gasteiger charge is 2.14. The van der Waals surface area contributed by atoms with Crippen molar-refractivity contribution in [2.45, 2.75) is 33.2 Å². The number of aryl methyl sites for hydroxylation is 1. The van der Waals surface area contributed by atoms with Crippen molar-refractivity contribution in [2.75, 3.05) is 0 Å². The average molecular weight is 199 g/mol. The molecule has 0 aliphatic rings. The minimum atomic E-state index is -0.362. The van der Waals surface area contributed by atoms with Crippen LogP contribution in [-0.4, -0.2) is 6.04 Å². The maximum Gasteiger partial charge on any atom is 0.129 e. The van der Waals surface area contributed by atoms with E-state index in [1.165, 1.54) is 6.07 Å². The molecule has 1 nitrogen and oxygen atoms in total. The fourth-order valence-electron chi connectivity index (χ4n) is 1.47. The van der Waals surface area contributed by atoms with Gasteiger partial charge in [0.25, 0.3) is 0 Å². The summed E-state index contributed by atoms with van der Waals surface area (Å²) in [4.78, 5) is 0. The molecule has 0 radical (unpaired) electrons. The molecule has 3 heteroatoms. The van der Waals surface area contributed by atoms with E-state index in [-0.39, 0.29) is 17.7 Å². The van der Waals surface area contributed by atoms with Gasteiger partial charge in [-0.25, -0.2) is 8.78 Å². The largest absolute Gasteiger partial charge is 0.328 e. The van der Waals surface area contributed by atoms with Crippen LogP contribution >= 0.6 is 0 Å². The van der Waals surface area contributed by atoms with Crippen molar-refractivity contribution in [1.29, 1.82) is 0 Å². The van der Waals surface area contributed by atoms with Crippen LogP contribution in [0, 0.1) is 25.5 Å². The van der Waals surface area contributed by atoms with Gasteiger partial charge >= 0.3 is 0 Å². The monoisotopic (exact) mass is 199 g/mol. The van der Waals surface area contributed by atoms with Crippen LogP contribution in [0.3, 0.4) is 0 Å². The molecule has 14 heavy (non-hydrogen) atoms. The molecule has 1 rings (SSSR count). The number of hydrogen-bond acceptors (Lipinski definition) is 1. The van der Waals surface area contributed by atoms with Gasteiger partial charge in [0.05, 0.1) is 0 Å². The zero-order valence-electron chi connectivity index (χ0n) is 8.70. The Morgan fingerprint density at radius 1 is 1.36 bits per heavy atom. The van der Waals surface area contributed by atoms with Gasteiger partial charge < -0.3 is 5.73 Å². The van der Waals surface area contributed by atoms with Gasteiger partial charge in [0, 0.05) is 6.04 Å². The molecule has 78 valence electrons. The zero-order chi connectivity index (χ0) is 10.9. The van der Waals surface area contributed by atoms with Crippen LogP contribution in [0.2, 0.25) is 0 Å². The second-order valence-corrected chi connectivity index (χ2v) is 3.77. The Morgan fingerprint density at radius 2 is 1.93 bits per heavy atom. The quantitative estimate of drug-likeness (QED) is 0.778. The highest BCUT2D eigenvalue weighted by atomic mass is 19.1. The molecule has 1 aromatic rings. The van der Waals surface area contributed by atoms with E-state index in [0.29, 0.717) is 23.1 Å². The number of hydrogen-bond donors (Lipinski definition) is 1. The van der Waals surface area contributed by atoms with Gasteiger partial charge in [-0.2, -0.15) is 0 Å². The molecule has 0 saturated heterocycles. The maximum absolute atomic E-state index is 13.6. The van der Waals surface area contributed by atoms with Crippen molar-refractivity contribution >= 4 is 0 Å². The van der Waals surface area contributed by atoms with Crippen molar-refractivity contribution in [3.05, 3.63) is 34.4 Å². The molecule has 0 spiro atoms.